The van der Waals surface area contributed by atoms with Gasteiger partial charge in [-0.25, -0.2) is 4.39 Å². The summed E-state index contributed by atoms with van der Waals surface area (Å²) in [6, 6.07) is 18.4. The van der Waals surface area contributed by atoms with E-state index in [4.69, 9.17) is 4.74 Å². The number of nitrogens with zero attached hydrogens (tertiary/aromatic N) is 2. The predicted octanol–water partition coefficient (Wildman–Crippen LogP) is 5.50. The number of halogens is 1. The van der Waals surface area contributed by atoms with Crippen LogP contribution in [0.5, 0.6) is 5.75 Å². The molecule has 1 saturated heterocycles. The largest absolute Gasteiger partial charge is 0.492 e. The number of ketones is 1. The van der Waals surface area contributed by atoms with E-state index in [1.54, 1.807) is 12.3 Å². The van der Waals surface area contributed by atoms with Gasteiger partial charge in [0, 0.05) is 36.8 Å². The highest BCUT2D eigenvalue weighted by Crippen LogP contribution is 2.22. The second-order valence-electron chi connectivity index (χ2n) is 8.66. The predicted molar refractivity (Wildman–Crippen MR) is 129 cm³/mol. The Labute approximate surface area is 195 Å². The highest BCUT2D eigenvalue weighted by molar-refractivity contribution is 5.80. The first-order chi connectivity index (χ1) is 16.2. The Bertz CT molecular complexity index is 1030. The van der Waals surface area contributed by atoms with Crippen molar-refractivity contribution in [2.45, 2.75) is 38.5 Å². The van der Waals surface area contributed by atoms with Gasteiger partial charge in [0.05, 0.1) is 0 Å². The lowest BCUT2D eigenvalue weighted by atomic mass is 10.0. The van der Waals surface area contributed by atoms with E-state index in [0.717, 1.165) is 34.7 Å². The topological polar surface area (TPSA) is 42.4 Å². The highest BCUT2D eigenvalue weighted by Gasteiger charge is 2.10. The Balaban J connectivity index is 1.23. The van der Waals surface area contributed by atoms with E-state index in [2.05, 4.69) is 9.88 Å². The van der Waals surface area contributed by atoms with Crippen molar-refractivity contribution < 1.29 is 13.9 Å². The molecular formula is C28H31FN2O2. The van der Waals surface area contributed by atoms with Crippen LogP contribution in [-0.2, 0) is 17.6 Å². The fourth-order valence-electron chi connectivity index (χ4n) is 4.19. The van der Waals surface area contributed by atoms with E-state index in [0.29, 0.717) is 25.9 Å². The second kappa shape index (κ2) is 11.7. The number of hydrogen-bond donors (Lipinski definition) is 0. The van der Waals surface area contributed by atoms with Crippen LogP contribution in [0.3, 0.4) is 0 Å². The molecule has 0 spiro atoms. The maximum atomic E-state index is 13.3. The minimum atomic E-state index is -0.269. The molecule has 0 saturated carbocycles. The van der Waals surface area contributed by atoms with Gasteiger partial charge in [0.2, 0.25) is 0 Å². The van der Waals surface area contributed by atoms with Crippen molar-refractivity contribution >= 4 is 5.78 Å². The van der Waals surface area contributed by atoms with Gasteiger partial charge in [-0.2, -0.15) is 0 Å². The Morgan fingerprint density at radius 2 is 1.76 bits per heavy atom. The first kappa shape index (κ1) is 23.1. The zero-order valence-electron chi connectivity index (χ0n) is 19.0. The van der Waals surface area contributed by atoms with Crippen molar-refractivity contribution in [3.8, 4) is 16.9 Å². The average molecular weight is 447 g/mol. The van der Waals surface area contributed by atoms with Gasteiger partial charge < -0.3 is 4.74 Å². The van der Waals surface area contributed by atoms with Crippen molar-refractivity contribution in [2.75, 3.05) is 26.2 Å². The lowest BCUT2D eigenvalue weighted by Gasteiger charge is -2.26. The highest BCUT2D eigenvalue weighted by atomic mass is 19.1. The Morgan fingerprint density at radius 3 is 2.48 bits per heavy atom. The van der Waals surface area contributed by atoms with Crippen molar-refractivity contribution in [2.24, 2.45) is 0 Å². The number of rotatable bonds is 10. The number of carbonyl (C=O) groups is 1. The van der Waals surface area contributed by atoms with Crippen LogP contribution in [0.25, 0.3) is 11.1 Å². The molecule has 2 aromatic carbocycles. The number of aromatic nitrogens is 1. The number of Topliss-reactive ketones (excluding diaryl/α,β-unsaturated/α-hetero) is 1. The molecule has 0 aliphatic carbocycles. The third-order valence-electron chi connectivity index (χ3n) is 6.10. The summed E-state index contributed by atoms with van der Waals surface area (Å²) in [5.74, 6) is 0.712. The molecule has 172 valence electrons. The van der Waals surface area contributed by atoms with Gasteiger partial charge in [-0.3, -0.25) is 14.7 Å². The number of piperidine rings is 1. The summed E-state index contributed by atoms with van der Waals surface area (Å²) in [6.45, 7) is 4.06. The first-order valence-corrected chi connectivity index (χ1v) is 11.8. The van der Waals surface area contributed by atoms with E-state index in [1.807, 2.05) is 42.5 Å². The van der Waals surface area contributed by atoms with Crippen LogP contribution in [0, 0.1) is 5.82 Å². The minimum Gasteiger partial charge on any atom is -0.492 e. The van der Waals surface area contributed by atoms with Gasteiger partial charge in [-0.15, -0.1) is 0 Å². The van der Waals surface area contributed by atoms with E-state index < -0.39 is 0 Å². The fraction of sp³-hybridized carbons (Fsp3) is 0.357. The number of benzene rings is 2. The third kappa shape index (κ3) is 7.22. The Hall–Kier alpha value is -3.05. The Kier molecular flexibility index (Phi) is 8.20. The van der Waals surface area contributed by atoms with Crippen LogP contribution in [0.1, 0.15) is 36.9 Å². The van der Waals surface area contributed by atoms with Crippen LogP contribution in [0.4, 0.5) is 4.39 Å². The SMILES string of the molecule is O=C(CCc1cccc(F)c1)Cc1ccc(-c2ccc(OCCN3CCCCC3)cc2)cn1. The molecule has 0 amide bonds. The monoisotopic (exact) mass is 446 g/mol. The van der Waals surface area contributed by atoms with E-state index in [9.17, 15) is 9.18 Å². The molecule has 1 aromatic heterocycles. The molecule has 0 unspecified atom stereocenters. The number of hydrogen-bond acceptors (Lipinski definition) is 4. The number of aryl methyl sites for hydroxylation is 1. The van der Waals surface area contributed by atoms with Crippen LogP contribution >= 0.6 is 0 Å². The number of carbonyl (C=O) groups excluding carboxylic acids is 1. The van der Waals surface area contributed by atoms with Crippen molar-refractivity contribution in [3.63, 3.8) is 0 Å². The molecule has 0 radical (unpaired) electrons. The summed E-state index contributed by atoms with van der Waals surface area (Å²) >= 11 is 0. The standard InChI is InChI=1S/C28H31FN2O2/c29-25-6-4-5-22(19-25)7-12-27(32)20-26-11-8-24(21-30-26)23-9-13-28(14-10-23)33-18-17-31-15-2-1-3-16-31/h4-6,8-11,13-14,19,21H,1-3,7,12,15-18,20H2. The van der Waals surface area contributed by atoms with E-state index in [-0.39, 0.29) is 11.6 Å². The molecule has 4 rings (SSSR count). The van der Waals surface area contributed by atoms with Crippen molar-refractivity contribution in [1.82, 2.24) is 9.88 Å². The maximum Gasteiger partial charge on any atom is 0.139 e. The summed E-state index contributed by atoms with van der Waals surface area (Å²) < 4.78 is 19.2. The summed E-state index contributed by atoms with van der Waals surface area (Å²) in [5.41, 5.74) is 3.66. The molecule has 5 heteroatoms. The summed E-state index contributed by atoms with van der Waals surface area (Å²) in [6.07, 6.45) is 6.96. The van der Waals surface area contributed by atoms with Gasteiger partial charge in [0.1, 0.15) is 24.0 Å². The van der Waals surface area contributed by atoms with E-state index >= 15 is 0 Å². The van der Waals surface area contributed by atoms with Gasteiger partial charge in [-0.05, 0) is 73.8 Å². The van der Waals surface area contributed by atoms with Gasteiger partial charge in [-0.1, -0.05) is 36.8 Å². The zero-order valence-corrected chi connectivity index (χ0v) is 19.0. The molecule has 1 fully saturated rings. The molecular weight excluding hydrogens is 415 g/mol. The van der Waals surface area contributed by atoms with Crippen molar-refractivity contribution in [1.29, 1.82) is 0 Å². The molecule has 0 N–H and O–H groups in total. The lowest BCUT2D eigenvalue weighted by molar-refractivity contribution is -0.118. The summed E-state index contributed by atoms with van der Waals surface area (Å²) in [7, 11) is 0. The van der Waals surface area contributed by atoms with Gasteiger partial charge >= 0.3 is 0 Å². The van der Waals surface area contributed by atoms with Crippen molar-refractivity contribution in [3.05, 3.63) is 83.9 Å². The molecule has 0 atom stereocenters. The molecule has 1 aliphatic rings. The number of ether oxygens (including phenoxy) is 1. The molecule has 1 aliphatic heterocycles. The first-order valence-electron chi connectivity index (χ1n) is 11.8. The van der Waals surface area contributed by atoms with Crippen LogP contribution in [0.2, 0.25) is 0 Å². The Morgan fingerprint density at radius 1 is 0.970 bits per heavy atom. The normalized spacial score (nSPS) is 14.2. The maximum absolute atomic E-state index is 13.3. The molecule has 3 aromatic rings. The fourth-order valence-corrected chi connectivity index (χ4v) is 4.19. The smallest absolute Gasteiger partial charge is 0.139 e. The van der Waals surface area contributed by atoms with Crippen LogP contribution < -0.4 is 4.74 Å². The van der Waals surface area contributed by atoms with Crippen LogP contribution in [0.15, 0.2) is 66.9 Å². The number of likely N-dealkylation sites (tertiary alicyclic amines) is 1. The van der Waals surface area contributed by atoms with E-state index in [1.165, 1.54) is 44.5 Å². The quantitative estimate of drug-likeness (QED) is 0.413. The minimum absolute atomic E-state index is 0.102. The van der Waals surface area contributed by atoms with Gasteiger partial charge in [0.15, 0.2) is 0 Å². The molecule has 2 heterocycles. The molecule has 4 nitrogen and oxygen atoms in total. The summed E-state index contributed by atoms with van der Waals surface area (Å²) in [4.78, 5) is 19.2. The second-order valence-corrected chi connectivity index (χ2v) is 8.66. The van der Waals surface area contributed by atoms with Gasteiger partial charge in [0.25, 0.3) is 0 Å². The third-order valence-corrected chi connectivity index (χ3v) is 6.10. The summed E-state index contributed by atoms with van der Waals surface area (Å²) in [5, 5.41) is 0. The zero-order chi connectivity index (χ0) is 22.9. The number of pyridine rings is 1. The lowest BCUT2D eigenvalue weighted by Crippen LogP contribution is -2.33. The average Bonchev–Trinajstić information content (AvgIpc) is 2.85. The molecule has 33 heavy (non-hydrogen) atoms. The molecule has 0 bridgehead atoms. The van der Waals surface area contributed by atoms with Crippen LogP contribution in [-0.4, -0.2) is 41.9 Å².